The number of benzene rings is 1. The van der Waals surface area contributed by atoms with Crippen LogP contribution >= 0.6 is 0 Å². The molecule has 0 aliphatic heterocycles. The van der Waals surface area contributed by atoms with E-state index < -0.39 is 4.92 Å². The minimum atomic E-state index is -0.509. The molecule has 0 saturated carbocycles. The first kappa shape index (κ1) is 10.3. The Kier molecular flexibility index (Phi) is 2.65. The molecule has 0 aliphatic rings. The number of rotatable bonds is 3. The normalized spacial score (nSPS) is 10.3. The zero-order chi connectivity index (χ0) is 11.5. The van der Waals surface area contributed by atoms with Gasteiger partial charge in [-0.05, 0) is 6.07 Å². The van der Waals surface area contributed by atoms with Gasteiger partial charge in [0.05, 0.1) is 22.8 Å². The fourth-order valence-electron chi connectivity index (χ4n) is 1.57. The summed E-state index contributed by atoms with van der Waals surface area (Å²) >= 11 is 0. The molecule has 0 unspecified atom stereocenters. The van der Waals surface area contributed by atoms with Gasteiger partial charge in [-0.25, -0.2) is 0 Å². The molecular formula is C10H9N3O3. The second kappa shape index (κ2) is 4.11. The van der Waals surface area contributed by atoms with Crippen LogP contribution in [0.4, 0.5) is 5.69 Å². The number of H-pyrrole nitrogens is 1. The van der Waals surface area contributed by atoms with Crippen LogP contribution in [0.25, 0.3) is 11.3 Å². The van der Waals surface area contributed by atoms with Crippen LogP contribution in [0.15, 0.2) is 30.5 Å². The number of aliphatic hydroxyl groups excluding tert-OH is 1. The van der Waals surface area contributed by atoms with Gasteiger partial charge in [0, 0.05) is 17.8 Å². The SMILES string of the molecule is O=[N+]([O-])c1cccc(-c2ccn[nH]2)c1CO. The summed E-state index contributed by atoms with van der Waals surface area (Å²) in [6.45, 7) is -0.383. The standard InChI is InChI=1S/C10H9N3O3/c14-6-8-7(9-4-5-11-12-9)2-1-3-10(8)13(15)16/h1-5,14H,6H2,(H,11,12). The van der Waals surface area contributed by atoms with Crippen LogP contribution in [0.2, 0.25) is 0 Å². The number of nitro benzene ring substituents is 1. The molecule has 2 aromatic rings. The summed E-state index contributed by atoms with van der Waals surface area (Å²) in [5, 5.41) is 26.5. The number of nitro groups is 1. The van der Waals surface area contributed by atoms with Crippen LogP contribution in [0.5, 0.6) is 0 Å². The van der Waals surface area contributed by atoms with E-state index in [9.17, 15) is 15.2 Å². The van der Waals surface area contributed by atoms with Crippen molar-refractivity contribution in [3.63, 3.8) is 0 Å². The van der Waals surface area contributed by atoms with Gasteiger partial charge in [-0.2, -0.15) is 5.10 Å². The zero-order valence-corrected chi connectivity index (χ0v) is 8.25. The Hall–Kier alpha value is -2.21. The van der Waals surface area contributed by atoms with E-state index in [0.29, 0.717) is 11.3 Å². The van der Waals surface area contributed by atoms with Gasteiger partial charge < -0.3 is 5.11 Å². The van der Waals surface area contributed by atoms with Crippen LogP contribution in [-0.4, -0.2) is 20.2 Å². The van der Waals surface area contributed by atoms with Gasteiger partial charge in [-0.3, -0.25) is 15.2 Å². The van der Waals surface area contributed by atoms with E-state index >= 15 is 0 Å². The summed E-state index contributed by atoms with van der Waals surface area (Å²) in [7, 11) is 0. The smallest absolute Gasteiger partial charge is 0.275 e. The Morgan fingerprint density at radius 3 is 2.81 bits per heavy atom. The first-order valence-corrected chi connectivity index (χ1v) is 4.61. The molecule has 1 heterocycles. The number of aliphatic hydroxyl groups is 1. The molecule has 0 saturated heterocycles. The molecule has 82 valence electrons. The van der Waals surface area contributed by atoms with Gasteiger partial charge in [-0.15, -0.1) is 0 Å². The van der Waals surface area contributed by atoms with Gasteiger partial charge in [0.2, 0.25) is 0 Å². The van der Waals surface area contributed by atoms with Crippen LogP contribution in [0.1, 0.15) is 5.56 Å². The maximum Gasteiger partial charge on any atom is 0.275 e. The molecule has 0 radical (unpaired) electrons. The Morgan fingerprint density at radius 1 is 1.44 bits per heavy atom. The van der Waals surface area contributed by atoms with Crippen LogP contribution in [-0.2, 0) is 6.61 Å². The molecule has 6 heteroatoms. The third kappa shape index (κ3) is 1.66. The lowest BCUT2D eigenvalue weighted by molar-refractivity contribution is -0.385. The predicted molar refractivity (Wildman–Crippen MR) is 56.6 cm³/mol. The molecule has 2 rings (SSSR count). The highest BCUT2D eigenvalue weighted by Gasteiger charge is 2.17. The molecule has 0 amide bonds. The van der Waals surface area contributed by atoms with Crippen molar-refractivity contribution in [3.05, 3.63) is 46.1 Å². The fourth-order valence-corrected chi connectivity index (χ4v) is 1.57. The van der Waals surface area contributed by atoms with Crippen molar-refractivity contribution in [3.8, 4) is 11.3 Å². The largest absolute Gasteiger partial charge is 0.391 e. The summed E-state index contributed by atoms with van der Waals surface area (Å²) in [6.07, 6.45) is 1.55. The first-order chi connectivity index (χ1) is 7.74. The highest BCUT2D eigenvalue weighted by atomic mass is 16.6. The van der Waals surface area contributed by atoms with Crippen molar-refractivity contribution >= 4 is 5.69 Å². The Bertz CT molecular complexity index is 508. The maximum atomic E-state index is 10.8. The summed E-state index contributed by atoms with van der Waals surface area (Å²) in [6, 6.07) is 6.34. The van der Waals surface area contributed by atoms with Crippen molar-refractivity contribution in [2.75, 3.05) is 0 Å². The van der Waals surface area contributed by atoms with Crippen LogP contribution in [0.3, 0.4) is 0 Å². The summed E-state index contributed by atoms with van der Waals surface area (Å²) in [5.74, 6) is 0. The maximum absolute atomic E-state index is 10.8. The van der Waals surface area contributed by atoms with E-state index in [2.05, 4.69) is 10.2 Å². The first-order valence-electron chi connectivity index (χ1n) is 4.61. The fraction of sp³-hybridized carbons (Fsp3) is 0.100. The highest BCUT2D eigenvalue weighted by Crippen LogP contribution is 2.29. The number of aromatic nitrogens is 2. The second-order valence-corrected chi connectivity index (χ2v) is 3.19. The van der Waals surface area contributed by atoms with Crippen molar-refractivity contribution in [2.45, 2.75) is 6.61 Å². The van der Waals surface area contributed by atoms with Gasteiger partial charge in [-0.1, -0.05) is 12.1 Å². The Labute approximate surface area is 90.7 Å². The summed E-state index contributed by atoms with van der Waals surface area (Å²) in [4.78, 5) is 10.3. The van der Waals surface area contributed by atoms with Crippen molar-refractivity contribution < 1.29 is 10.0 Å². The van der Waals surface area contributed by atoms with Crippen LogP contribution < -0.4 is 0 Å². The van der Waals surface area contributed by atoms with E-state index in [1.807, 2.05) is 0 Å². The Balaban J connectivity index is 2.62. The molecule has 0 bridgehead atoms. The van der Waals surface area contributed by atoms with Gasteiger partial charge in [0.25, 0.3) is 5.69 Å². The molecule has 2 N–H and O–H groups in total. The Morgan fingerprint density at radius 2 is 2.25 bits per heavy atom. The number of nitrogens with one attached hydrogen (secondary N) is 1. The highest BCUT2D eigenvalue weighted by molar-refractivity contribution is 5.68. The lowest BCUT2D eigenvalue weighted by Crippen LogP contribution is -1.98. The number of hydrogen-bond donors (Lipinski definition) is 2. The average molecular weight is 219 g/mol. The van der Waals surface area contributed by atoms with E-state index in [-0.39, 0.29) is 17.9 Å². The average Bonchev–Trinajstić information content (AvgIpc) is 2.81. The minimum Gasteiger partial charge on any atom is -0.391 e. The summed E-state index contributed by atoms with van der Waals surface area (Å²) < 4.78 is 0. The zero-order valence-electron chi connectivity index (χ0n) is 8.25. The van der Waals surface area contributed by atoms with E-state index in [4.69, 9.17) is 0 Å². The third-order valence-electron chi connectivity index (χ3n) is 2.30. The monoisotopic (exact) mass is 219 g/mol. The van der Waals surface area contributed by atoms with E-state index in [0.717, 1.165) is 0 Å². The number of nitrogens with zero attached hydrogens (tertiary/aromatic N) is 2. The molecule has 0 spiro atoms. The molecule has 1 aromatic heterocycles. The molecule has 0 fully saturated rings. The third-order valence-corrected chi connectivity index (χ3v) is 2.30. The molecule has 16 heavy (non-hydrogen) atoms. The molecular weight excluding hydrogens is 210 g/mol. The number of hydrogen-bond acceptors (Lipinski definition) is 4. The van der Waals surface area contributed by atoms with Gasteiger partial charge in [0.15, 0.2) is 0 Å². The second-order valence-electron chi connectivity index (χ2n) is 3.19. The lowest BCUT2D eigenvalue weighted by atomic mass is 10.0. The van der Waals surface area contributed by atoms with Crippen molar-refractivity contribution in [1.29, 1.82) is 0 Å². The van der Waals surface area contributed by atoms with Crippen molar-refractivity contribution in [1.82, 2.24) is 10.2 Å². The van der Waals surface area contributed by atoms with E-state index in [1.165, 1.54) is 6.07 Å². The minimum absolute atomic E-state index is 0.0883. The van der Waals surface area contributed by atoms with E-state index in [1.54, 1.807) is 24.4 Å². The molecule has 6 nitrogen and oxygen atoms in total. The number of aromatic amines is 1. The molecule has 0 aliphatic carbocycles. The van der Waals surface area contributed by atoms with Gasteiger partial charge in [0.1, 0.15) is 0 Å². The van der Waals surface area contributed by atoms with Gasteiger partial charge >= 0.3 is 0 Å². The predicted octanol–water partition coefficient (Wildman–Crippen LogP) is 1.48. The summed E-state index contributed by atoms with van der Waals surface area (Å²) in [5.41, 5.74) is 1.44. The molecule has 1 aromatic carbocycles. The van der Waals surface area contributed by atoms with Crippen LogP contribution in [0, 0.1) is 10.1 Å². The van der Waals surface area contributed by atoms with Crippen molar-refractivity contribution in [2.24, 2.45) is 0 Å². The topological polar surface area (TPSA) is 92.0 Å². The molecule has 0 atom stereocenters. The lowest BCUT2D eigenvalue weighted by Gasteiger charge is -2.05. The quantitative estimate of drug-likeness (QED) is 0.604.